The Morgan fingerprint density at radius 3 is 2.07 bits per heavy atom. The van der Waals surface area contributed by atoms with Crippen molar-refractivity contribution in [1.82, 2.24) is 0 Å². The second kappa shape index (κ2) is 14.0. The summed E-state index contributed by atoms with van der Waals surface area (Å²) in [7, 11) is -1.89. The summed E-state index contributed by atoms with van der Waals surface area (Å²) < 4.78 is 7.00. The van der Waals surface area contributed by atoms with Crippen LogP contribution in [-0.4, -0.2) is 20.7 Å². The summed E-state index contributed by atoms with van der Waals surface area (Å²) >= 11 is 0. The van der Waals surface area contributed by atoms with Crippen molar-refractivity contribution in [2.75, 3.05) is 0 Å². The zero-order valence-corrected chi connectivity index (χ0v) is 20.0. The predicted molar refractivity (Wildman–Crippen MR) is 121 cm³/mol. The first kappa shape index (κ1) is 25.9. The number of rotatable bonds is 12. The van der Waals surface area contributed by atoms with Gasteiger partial charge in [0.15, 0.2) is 6.29 Å². The Hall–Kier alpha value is -1.11. The molecule has 0 aliphatic heterocycles. The number of unbranched alkanes of at least 4 members (excludes halogenated alkanes) is 2. The molecule has 0 aromatic heterocycles. The van der Waals surface area contributed by atoms with Gasteiger partial charge >= 0.3 is 0 Å². The molecule has 1 unspecified atom stereocenters. The monoisotopic (exact) mass is 390 g/mol. The van der Waals surface area contributed by atoms with Gasteiger partial charge in [0.05, 0.1) is 6.10 Å². The molecule has 0 aromatic carbocycles. The molecule has 3 heteroatoms. The highest BCUT2D eigenvalue weighted by molar-refractivity contribution is 6.77. The van der Waals surface area contributed by atoms with Crippen LogP contribution in [0.1, 0.15) is 87.5 Å². The standard InChI is InChI=1S/C24H42O2Si/c1-20(2)16-13-14-18-24(17-12-10-9-11-15-19-25)26-27(21(3)4,22(5)6)23(7)8/h12,16-17,19,21-24H,9-10,13-14,18H2,1-8H3/b17-12+. The summed E-state index contributed by atoms with van der Waals surface area (Å²) in [5, 5.41) is 0. The highest BCUT2D eigenvalue weighted by atomic mass is 28.4. The molecule has 1 atom stereocenters. The molecule has 154 valence electrons. The minimum absolute atomic E-state index is 0.174. The molecule has 0 amide bonds. The highest BCUT2D eigenvalue weighted by Gasteiger charge is 2.46. The van der Waals surface area contributed by atoms with Crippen LogP contribution in [0.5, 0.6) is 0 Å². The molecule has 0 aromatic rings. The van der Waals surface area contributed by atoms with Gasteiger partial charge in [-0.1, -0.05) is 71.3 Å². The van der Waals surface area contributed by atoms with Gasteiger partial charge < -0.3 is 4.43 Å². The fourth-order valence-electron chi connectivity index (χ4n) is 4.09. The molecule has 0 heterocycles. The molecule has 0 radical (unpaired) electrons. The fourth-order valence-corrected chi connectivity index (χ4v) is 9.63. The van der Waals surface area contributed by atoms with E-state index in [0.29, 0.717) is 22.9 Å². The highest BCUT2D eigenvalue weighted by Crippen LogP contribution is 2.43. The molecule has 0 fully saturated rings. The third-order valence-corrected chi connectivity index (χ3v) is 11.4. The number of allylic oxidation sites excluding steroid dienone is 3. The van der Waals surface area contributed by atoms with Gasteiger partial charge in [0.2, 0.25) is 8.32 Å². The van der Waals surface area contributed by atoms with Crippen LogP contribution in [0.2, 0.25) is 16.6 Å². The van der Waals surface area contributed by atoms with Gasteiger partial charge in [-0.2, -0.15) is 0 Å². The normalized spacial score (nSPS) is 13.1. The van der Waals surface area contributed by atoms with Crippen LogP contribution < -0.4 is 0 Å². The third kappa shape index (κ3) is 9.58. The minimum Gasteiger partial charge on any atom is -0.410 e. The Balaban J connectivity index is 5.25. The van der Waals surface area contributed by atoms with Crippen molar-refractivity contribution >= 4 is 14.6 Å². The Bertz CT molecular complexity index is 507. The van der Waals surface area contributed by atoms with E-state index in [-0.39, 0.29) is 6.10 Å². The van der Waals surface area contributed by atoms with Gasteiger partial charge in [-0.15, -0.1) is 0 Å². The zero-order valence-electron chi connectivity index (χ0n) is 19.0. The molecule has 0 spiro atoms. The van der Waals surface area contributed by atoms with E-state index in [2.05, 4.69) is 85.5 Å². The van der Waals surface area contributed by atoms with Gasteiger partial charge in [0.25, 0.3) is 0 Å². The van der Waals surface area contributed by atoms with Crippen molar-refractivity contribution in [3.8, 4) is 11.8 Å². The van der Waals surface area contributed by atoms with E-state index in [0.717, 1.165) is 32.1 Å². The van der Waals surface area contributed by atoms with Crippen molar-refractivity contribution in [2.24, 2.45) is 0 Å². The maximum absolute atomic E-state index is 10.3. The van der Waals surface area contributed by atoms with Crippen LogP contribution >= 0.6 is 0 Å². The molecule has 0 saturated heterocycles. The lowest BCUT2D eigenvalue weighted by molar-refractivity contribution is -0.103. The number of carbonyl (C=O) groups is 1. The van der Waals surface area contributed by atoms with Gasteiger partial charge in [-0.05, 0) is 62.1 Å². The Morgan fingerprint density at radius 2 is 1.59 bits per heavy atom. The van der Waals surface area contributed by atoms with Crippen LogP contribution in [0.25, 0.3) is 0 Å². The van der Waals surface area contributed by atoms with Crippen molar-refractivity contribution in [2.45, 2.75) is 110 Å². The third-order valence-electron chi connectivity index (χ3n) is 5.26. The van der Waals surface area contributed by atoms with Crippen LogP contribution in [0.4, 0.5) is 0 Å². The maximum atomic E-state index is 10.3. The van der Waals surface area contributed by atoms with Gasteiger partial charge in [-0.25, -0.2) is 0 Å². The molecule has 2 nitrogen and oxygen atoms in total. The van der Waals surface area contributed by atoms with E-state index < -0.39 is 8.32 Å². The quantitative estimate of drug-likeness (QED) is 0.116. The summed E-state index contributed by atoms with van der Waals surface area (Å²) in [5.74, 6) is 5.34. The van der Waals surface area contributed by atoms with Crippen molar-refractivity contribution in [1.29, 1.82) is 0 Å². The maximum Gasteiger partial charge on any atom is 0.201 e. The molecule has 0 N–H and O–H groups in total. The van der Waals surface area contributed by atoms with Gasteiger partial charge in [-0.3, -0.25) is 4.79 Å². The molecular weight excluding hydrogens is 348 g/mol. The molecule has 0 rings (SSSR count). The second-order valence-electron chi connectivity index (χ2n) is 8.59. The molecule has 0 aliphatic rings. The Labute approximate surface area is 170 Å². The second-order valence-corrected chi connectivity index (χ2v) is 14.0. The first-order valence-electron chi connectivity index (χ1n) is 10.6. The summed E-state index contributed by atoms with van der Waals surface area (Å²) in [5.41, 5.74) is 3.14. The lowest BCUT2D eigenvalue weighted by Crippen LogP contribution is -2.49. The first-order chi connectivity index (χ1) is 12.7. The van der Waals surface area contributed by atoms with Crippen molar-refractivity contribution in [3.05, 3.63) is 23.8 Å². The fraction of sp³-hybridized carbons (Fsp3) is 0.708. The molecule has 0 saturated carbocycles. The van der Waals surface area contributed by atoms with Gasteiger partial charge in [0, 0.05) is 6.42 Å². The Morgan fingerprint density at radius 1 is 1.00 bits per heavy atom. The largest absolute Gasteiger partial charge is 0.410 e. The van der Waals surface area contributed by atoms with E-state index >= 15 is 0 Å². The lowest BCUT2D eigenvalue weighted by atomic mass is 10.1. The zero-order chi connectivity index (χ0) is 20.9. The molecule has 0 aliphatic carbocycles. The summed E-state index contributed by atoms with van der Waals surface area (Å²) in [4.78, 5) is 10.3. The van der Waals surface area contributed by atoms with Crippen LogP contribution in [-0.2, 0) is 9.22 Å². The van der Waals surface area contributed by atoms with E-state index in [9.17, 15) is 4.79 Å². The first-order valence-corrected chi connectivity index (χ1v) is 12.7. The topological polar surface area (TPSA) is 26.3 Å². The Kier molecular flexibility index (Phi) is 13.4. The molecule has 27 heavy (non-hydrogen) atoms. The van der Waals surface area contributed by atoms with Gasteiger partial charge in [0.1, 0.15) is 0 Å². The lowest BCUT2D eigenvalue weighted by Gasteiger charge is -2.44. The summed E-state index contributed by atoms with van der Waals surface area (Å²) in [6.07, 6.45) is 12.5. The van der Waals surface area contributed by atoms with E-state index in [1.54, 1.807) is 0 Å². The van der Waals surface area contributed by atoms with Crippen LogP contribution in [0, 0.1) is 11.8 Å². The molecule has 0 bridgehead atoms. The van der Waals surface area contributed by atoms with E-state index in [4.69, 9.17) is 4.43 Å². The van der Waals surface area contributed by atoms with E-state index in [1.165, 1.54) is 5.57 Å². The van der Waals surface area contributed by atoms with Crippen molar-refractivity contribution < 1.29 is 9.22 Å². The number of hydrogen-bond acceptors (Lipinski definition) is 2. The predicted octanol–water partition coefficient (Wildman–Crippen LogP) is 7.22. The van der Waals surface area contributed by atoms with Crippen molar-refractivity contribution in [3.63, 3.8) is 0 Å². The summed E-state index contributed by atoms with van der Waals surface area (Å²) in [6.45, 7) is 18.3. The minimum atomic E-state index is -1.89. The SMILES string of the molecule is CC(C)=CCCCC(/C=C/CCC#CC=O)O[Si](C(C)C)(C(C)C)C(C)C. The van der Waals surface area contributed by atoms with Crippen LogP contribution in [0.15, 0.2) is 23.8 Å². The number of carbonyl (C=O) groups excluding carboxylic acids is 1. The van der Waals surface area contributed by atoms with Crippen LogP contribution in [0.3, 0.4) is 0 Å². The summed E-state index contributed by atoms with van der Waals surface area (Å²) in [6, 6.07) is 0. The average molecular weight is 391 g/mol. The average Bonchev–Trinajstić information content (AvgIpc) is 2.57. The number of hydrogen-bond donors (Lipinski definition) is 0. The number of aldehydes is 1. The smallest absolute Gasteiger partial charge is 0.201 e. The molecular formula is C24H42O2Si. The van der Waals surface area contributed by atoms with E-state index in [1.807, 2.05) is 0 Å².